The van der Waals surface area contributed by atoms with Gasteiger partial charge in [0.25, 0.3) is 5.92 Å². The van der Waals surface area contributed by atoms with Crippen LogP contribution in [0, 0.1) is 5.82 Å². The fourth-order valence-electron chi connectivity index (χ4n) is 4.45. The normalized spacial score (nSPS) is 16.9. The van der Waals surface area contributed by atoms with Gasteiger partial charge in [-0.2, -0.15) is 0 Å². The molecule has 9 heteroatoms. The van der Waals surface area contributed by atoms with Crippen LogP contribution in [0.2, 0.25) is 0 Å². The van der Waals surface area contributed by atoms with E-state index in [0.717, 1.165) is 28.6 Å². The highest BCUT2D eigenvalue weighted by Crippen LogP contribution is 2.51. The average Bonchev–Trinajstić information content (AvgIpc) is 3.35. The Labute approximate surface area is 244 Å². The number of ether oxygens (including phenoxy) is 4. The van der Waals surface area contributed by atoms with E-state index in [9.17, 15) is 13.2 Å². The van der Waals surface area contributed by atoms with E-state index in [2.05, 4.69) is 15.9 Å². The monoisotopic (exact) mass is 634 g/mol. The molecule has 0 atom stereocenters. The zero-order valence-corrected chi connectivity index (χ0v) is 25.2. The van der Waals surface area contributed by atoms with Crippen molar-refractivity contribution in [3.8, 4) is 27.7 Å². The molecule has 1 fully saturated rings. The Hall–Kier alpha value is -2.59. The van der Waals surface area contributed by atoms with Gasteiger partial charge in [0.2, 0.25) is 0 Å². The number of hydrogen-bond acceptors (Lipinski definition) is 5. The van der Waals surface area contributed by atoms with Crippen LogP contribution in [-0.2, 0) is 15.4 Å². The molecule has 3 aromatic carbocycles. The van der Waals surface area contributed by atoms with Gasteiger partial charge in [-0.1, -0.05) is 28.1 Å². The van der Waals surface area contributed by atoms with Crippen molar-refractivity contribution in [1.82, 2.24) is 0 Å². The molecule has 0 aliphatic carbocycles. The summed E-state index contributed by atoms with van der Waals surface area (Å²) in [6.07, 6.45) is -0.585. The van der Waals surface area contributed by atoms with Crippen LogP contribution in [0.1, 0.15) is 52.0 Å². The van der Waals surface area contributed by atoms with E-state index in [0.29, 0.717) is 34.1 Å². The molecule has 1 saturated heterocycles. The summed E-state index contributed by atoms with van der Waals surface area (Å²) in [4.78, 5) is 0.470. The summed E-state index contributed by atoms with van der Waals surface area (Å²) in [7, 11) is 0. The maximum Gasteiger partial charge on any atom is 0.271 e. The fourth-order valence-corrected chi connectivity index (χ4v) is 5.83. The predicted molar refractivity (Wildman–Crippen MR) is 156 cm³/mol. The van der Waals surface area contributed by atoms with Gasteiger partial charge in [0.05, 0.1) is 22.7 Å². The van der Waals surface area contributed by atoms with Crippen LogP contribution < -0.4 is 9.47 Å². The highest BCUT2D eigenvalue weighted by molar-refractivity contribution is 9.09. The summed E-state index contributed by atoms with van der Waals surface area (Å²) in [6, 6.07) is 16.2. The number of fused-ring (bicyclic) bond motifs is 1. The van der Waals surface area contributed by atoms with Crippen molar-refractivity contribution in [3.05, 3.63) is 77.6 Å². The third kappa shape index (κ3) is 5.62. The van der Waals surface area contributed by atoms with Gasteiger partial charge in [-0.3, -0.25) is 0 Å². The molecule has 1 aromatic heterocycles. The number of thiophene rings is 1. The number of rotatable bonds is 8. The SMILES string of the molecule is CC(F)(F)c1cc(F)ccc1-c1sc2cc(C3OC(C)(C)C(C)(C)O3)ccc2c1Oc1ccc(OCCBr)cc1. The third-order valence-corrected chi connectivity index (χ3v) is 8.77. The first-order valence-corrected chi connectivity index (χ1v) is 14.8. The van der Waals surface area contributed by atoms with Crippen LogP contribution >= 0.6 is 27.3 Å². The number of halogens is 4. The van der Waals surface area contributed by atoms with Gasteiger partial charge in [0, 0.05) is 39.0 Å². The van der Waals surface area contributed by atoms with Gasteiger partial charge in [0.15, 0.2) is 12.0 Å². The molecule has 212 valence electrons. The molecule has 0 unspecified atom stereocenters. The molecule has 40 heavy (non-hydrogen) atoms. The first kappa shape index (κ1) is 28.9. The lowest BCUT2D eigenvalue weighted by Crippen LogP contribution is -2.41. The smallest absolute Gasteiger partial charge is 0.271 e. The largest absolute Gasteiger partial charge is 0.493 e. The van der Waals surface area contributed by atoms with E-state index in [4.69, 9.17) is 18.9 Å². The van der Waals surface area contributed by atoms with Gasteiger partial charge in [-0.15, -0.1) is 11.3 Å². The first-order valence-electron chi connectivity index (χ1n) is 12.9. The van der Waals surface area contributed by atoms with Crippen molar-refractivity contribution >= 4 is 37.4 Å². The third-order valence-electron chi connectivity index (χ3n) is 7.28. The summed E-state index contributed by atoms with van der Waals surface area (Å²) in [5.74, 6) is -2.40. The van der Waals surface area contributed by atoms with Crippen molar-refractivity contribution in [2.75, 3.05) is 11.9 Å². The Morgan fingerprint density at radius 2 is 1.57 bits per heavy atom. The van der Waals surface area contributed by atoms with Crippen LogP contribution in [0.3, 0.4) is 0 Å². The quantitative estimate of drug-likeness (QED) is 0.181. The maximum atomic E-state index is 14.7. The molecule has 0 amide bonds. The highest BCUT2D eigenvalue weighted by atomic mass is 79.9. The van der Waals surface area contributed by atoms with E-state index >= 15 is 0 Å². The van der Waals surface area contributed by atoms with E-state index < -0.39 is 34.8 Å². The second-order valence-electron chi connectivity index (χ2n) is 10.8. The Bertz CT molecular complexity index is 1510. The molecule has 4 aromatic rings. The Balaban J connectivity index is 1.62. The lowest BCUT2D eigenvalue weighted by molar-refractivity contribution is -0.0894. The Morgan fingerprint density at radius 3 is 2.20 bits per heavy atom. The molecule has 1 aliphatic rings. The van der Waals surface area contributed by atoms with E-state index in [-0.39, 0.29) is 5.56 Å². The Kier molecular flexibility index (Phi) is 7.72. The molecule has 5 rings (SSSR count). The van der Waals surface area contributed by atoms with Gasteiger partial charge in [0.1, 0.15) is 17.3 Å². The molecular weight excluding hydrogens is 605 g/mol. The lowest BCUT2D eigenvalue weighted by atomic mass is 9.90. The van der Waals surface area contributed by atoms with Crippen LogP contribution in [-0.4, -0.2) is 23.1 Å². The van der Waals surface area contributed by atoms with Crippen molar-refractivity contribution in [2.24, 2.45) is 0 Å². The molecule has 2 heterocycles. The Morgan fingerprint density at radius 1 is 0.925 bits per heavy atom. The predicted octanol–water partition coefficient (Wildman–Crippen LogP) is 9.99. The van der Waals surface area contributed by atoms with Gasteiger partial charge < -0.3 is 18.9 Å². The fraction of sp³-hybridized carbons (Fsp3) is 0.355. The zero-order valence-electron chi connectivity index (χ0n) is 22.8. The molecular formula is C31H30BrF3O4S. The van der Waals surface area contributed by atoms with Crippen LogP contribution in [0.25, 0.3) is 20.5 Å². The molecule has 0 spiro atoms. The number of alkyl halides is 3. The summed E-state index contributed by atoms with van der Waals surface area (Å²) in [5.41, 5.74) is -0.421. The van der Waals surface area contributed by atoms with Gasteiger partial charge in [-0.25, -0.2) is 13.2 Å². The second-order valence-corrected chi connectivity index (χ2v) is 12.6. The van der Waals surface area contributed by atoms with Crippen molar-refractivity contribution in [2.45, 2.75) is 58.0 Å². The maximum absolute atomic E-state index is 14.7. The zero-order chi connectivity index (χ0) is 28.9. The number of hydrogen-bond donors (Lipinski definition) is 0. The number of benzene rings is 3. The standard InChI is InChI=1S/C31H30BrF3O4S/c1-29(2)30(3,4)39-28(38-29)18-6-12-23-25(16-18)40-27(22-13-7-19(33)17-24(22)31(5,34)35)26(23)37-21-10-8-20(9-11-21)36-15-14-32/h6-13,16-17,28H,14-15H2,1-5H3. The minimum absolute atomic E-state index is 0.208. The molecule has 1 aliphatic heterocycles. The van der Waals surface area contributed by atoms with E-state index in [1.807, 2.05) is 45.9 Å². The van der Waals surface area contributed by atoms with Crippen LogP contribution in [0.4, 0.5) is 13.2 Å². The molecule has 0 radical (unpaired) electrons. The minimum atomic E-state index is -3.27. The topological polar surface area (TPSA) is 36.9 Å². The minimum Gasteiger partial charge on any atom is -0.493 e. The lowest BCUT2D eigenvalue weighted by Gasteiger charge is -2.30. The molecule has 4 nitrogen and oxygen atoms in total. The van der Waals surface area contributed by atoms with Crippen LogP contribution in [0.15, 0.2) is 60.7 Å². The molecule has 0 bridgehead atoms. The van der Waals surface area contributed by atoms with Crippen molar-refractivity contribution < 1.29 is 32.1 Å². The average molecular weight is 636 g/mol. The van der Waals surface area contributed by atoms with Crippen molar-refractivity contribution in [3.63, 3.8) is 0 Å². The van der Waals surface area contributed by atoms with Gasteiger partial charge in [-0.05, 0) is 76.2 Å². The summed E-state index contributed by atoms with van der Waals surface area (Å²) in [5, 5.41) is 1.43. The summed E-state index contributed by atoms with van der Waals surface area (Å²) < 4.78 is 68.7. The summed E-state index contributed by atoms with van der Waals surface area (Å²) >= 11 is 4.63. The van der Waals surface area contributed by atoms with E-state index in [1.165, 1.54) is 23.5 Å². The van der Waals surface area contributed by atoms with Crippen LogP contribution in [0.5, 0.6) is 17.2 Å². The second kappa shape index (κ2) is 10.7. The van der Waals surface area contributed by atoms with Crippen molar-refractivity contribution in [1.29, 1.82) is 0 Å². The van der Waals surface area contributed by atoms with E-state index in [1.54, 1.807) is 24.3 Å². The molecule has 0 N–H and O–H groups in total. The first-order chi connectivity index (χ1) is 18.8. The van der Waals surface area contributed by atoms with Gasteiger partial charge >= 0.3 is 0 Å². The highest BCUT2D eigenvalue weighted by Gasteiger charge is 2.49. The molecule has 0 saturated carbocycles. The summed E-state index contributed by atoms with van der Waals surface area (Å²) in [6.45, 7) is 9.22.